The van der Waals surface area contributed by atoms with Crippen molar-refractivity contribution in [1.29, 1.82) is 0 Å². The molecule has 8 heteroatoms. The van der Waals surface area contributed by atoms with Crippen molar-refractivity contribution in [2.24, 2.45) is 11.8 Å². The van der Waals surface area contributed by atoms with E-state index in [2.05, 4.69) is 34.1 Å². The number of ether oxygens (including phenoxy) is 2. The maximum atomic E-state index is 12.9. The molecule has 2 atom stereocenters. The van der Waals surface area contributed by atoms with Gasteiger partial charge in [0, 0.05) is 52.4 Å². The van der Waals surface area contributed by atoms with E-state index >= 15 is 0 Å². The predicted octanol–water partition coefficient (Wildman–Crippen LogP) is 1.83. The van der Waals surface area contributed by atoms with Crippen LogP contribution in [0.3, 0.4) is 0 Å². The molecule has 5 rings (SSSR count). The van der Waals surface area contributed by atoms with Crippen LogP contribution in [-0.2, 0) is 32.2 Å². The third-order valence-corrected chi connectivity index (χ3v) is 8.19. The van der Waals surface area contributed by atoms with Crippen molar-refractivity contribution in [3.05, 3.63) is 35.4 Å². The summed E-state index contributed by atoms with van der Waals surface area (Å²) in [5, 5.41) is 0. The Bertz CT molecular complexity index is 796. The van der Waals surface area contributed by atoms with Gasteiger partial charge < -0.3 is 19.3 Å². The first-order chi connectivity index (χ1) is 17.7. The van der Waals surface area contributed by atoms with E-state index in [0.717, 1.165) is 91.1 Å². The number of carbonyl (C=O) groups excluding carboxylic acids is 2. The van der Waals surface area contributed by atoms with Crippen molar-refractivity contribution in [3.8, 4) is 0 Å². The Balaban J connectivity index is 1.09. The van der Waals surface area contributed by atoms with E-state index in [4.69, 9.17) is 9.47 Å². The summed E-state index contributed by atoms with van der Waals surface area (Å²) < 4.78 is 10.8. The van der Waals surface area contributed by atoms with Crippen LogP contribution in [0.1, 0.15) is 36.8 Å². The van der Waals surface area contributed by atoms with E-state index < -0.39 is 0 Å². The third kappa shape index (κ3) is 6.65. The Morgan fingerprint density at radius 1 is 0.639 bits per heavy atom. The van der Waals surface area contributed by atoms with Crippen molar-refractivity contribution in [3.63, 3.8) is 0 Å². The summed E-state index contributed by atoms with van der Waals surface area (Å²) in [5.74, 6) is 0.849. The molecular formula is C28H42N4O4. The molecule has 2 unspecified atom stereocenters. The highest BCUT2D eigenvalue weighted by molar-refractivity contribution is 5.79. The number of rotatable bonds is 6. The summed E-state index contributed by atoms with van der Waals surface area (Å²) in [6.07, 6.45) is 4.16. The molecule has 0 aliphatic carbocycles. The molecule has 1 aromatic carbocycles. The lowest BCUT2D eigenvalue weighted by atomic mass is 9.95. The molecule has 0 radical (unpaired) electrons. The molecule has 0 aromatic heterocycles. The first kappa shape index (κ1) is 25.6. The Labute approximate surface area is 215 Å². The second-order valence-corrected chi connectivity index (χ2v) is 10.8. The van der Waals surface area contributed by atoms with Gasteiger partial charge in [-0.3, -0.25) is 19.4 Å². The van der Waals surface area contributed by atoms with Gasteiger partial charge in [0.2, 0.25) is 11.8 Å². The monoisotopic (exact) mass is 498 g/mol. The molecule has 0 N–H and O–H groups in total. The van der Waals surface area contributed by atoms with Crippen LogP contribution >= 0.6 is 0 Å². The number of hydrogen-bond acceptors (Lipinski definition) is 6. The van der Waals surface area contributed by atoms with E-state index in [9.17, 15) is 9.59 Å². The number of amides is 2. The molecule has 1 aromatic rings. The highest BCUT2D eigenvalue weighted by Gasteiger charge is 2.31. The summed E-state index contributed by atoms with van der Waals surface area (Å²) in [4.78, 5) is 34.8. The van der Waals surface area contributed by atoms with Crippen molar-refractivity contribution in [1.82, 2.24) is 19.6 Å². The molecular weight excluding hydrogens is 456 g/mol. The topological polar surface area (TPSA) is 65.6 Å². The molecule has 0 saturated carbocycles. The lowest BCUT2D eigenvalue weighted by molar-refractivity contribution is -0.142. The molecule has 4 saturated heterocycles. The summed E-state index contributed by atoms with van der Waals surface area (Å²) in [7, 11) is 0. The minimum Gasteiger partial charge on any atom is -0.378 e. The van der Waals surface area contributed by atoms with Crippen LogP contribution in [0.5, 0.6) is 0 Å². The Hall–Kier alpha value is -2.00. The highest BCUT2D eigenvalue weighted by Crippen LogP contribution is 2.23. The second-order valence-electron chi connectivity index (χ2n) is 10.8. The van der Waals surface area contributed by atoms with Gasteiger partial charge in [0.25, 0.3) is 0 Å². The zero-order valence-corrected chi connectivity index (χ0v) is 21.6. The van der Waals surface area contributed by atoms with Crippen LogP contribution in [0, 0.1) is 11.8 Å². The first-order valence-electron chi connectivity index (χ1n) is 13.9. The zero-order chi connectivity index (χ0) is 24.7. The van der Waals surface area contributed by atoms with Gasteiger partial charge in [0.15, 0.2) is 0 Å². The van der Waals surface area contributed by atoms with Gasteiger partial charge in [-0.2, -0.15) is 0 Å². The number of piperidine rings is 2. The number of benzene rings is 1. The van der Waals surface area contributed by atoms with Gasteiger partial charge in [0.1, 0.15) is 0 Å². The minimum atomic E-state index is 0.114. The largest absolute Gasteiger partial charge is 0.378 e. The van der Waals surface area contributed by atoms with Crippen molar-refractivity contribution >= 4 is 11.8 Å². The van der Waals surface area contributed by atoms with Crippen LogP contribution in [0.2, 0.25) is 0 Å². The van der Waals surface area contributed by atoms with E-state index in [1.807, 2.05) is 9.80 Å². The molecule has 4 aliphatic heterocycles. The molecule has 0 spiro atoms. The van der Waals surface area contributed by atoms with Gasteiger partial charge in [-0.05, 0) is 49.9 Å². The van der Waals surface area contributed by atoms with Gasteiger partial charge in [-0.1, -0.05) is 24.3 Å². The normalized spacial score (nSPS) is 26.7. The van der Waals surface area contributed by atoms with Gasteiger partial charge in [-0.25, -0.2) is 0 Å². The number of nitrogens with zero attached hydrogens (tertiary/aromatic N) is 4. The summed E-state index contributed by atoms with van der Waals surface area (Å²) >= 11 is 0. The Morgan fingerprint density at radius 3 is 1.42 bits per heavy atom. The molecule has 0 bridgehead atoms. The fourth-order valence-electron chi connectivity index (χ4n) is 6.15. The summed E-state index contributed by atoms with van der Waals surface area (Å²) in [6.45, 7) is 11.2. The predicted molar refractivity (Wildman–Crippen MR) is 137 cm³/mol. The Morgan fingerprint density at radius 2 is 1.03 bits per heavy atom. The van der Waals surface area contributed by atoms with E-state index in [-0.39, 0.29) is 11.8 Å². The van der Waals surface area contributed by atoms with E-state index in [0.29, 0.717) is 38.2 Å². The van der Waals surface area contributed by atoms with Crippen LogP contribution < -0.4 is 0 Å². The lowest BCUT2D eigenvalue weighted by Gasteiger charge is -2.36. The quantitative estimate of drug-likeness (QED) is 0.596. The highest BCUT2D eigenvalue weighted by atomic mass is 16.5. The maximum Gasteiger partial charge on any atom is 0.227 e. The van der Waals surface area contributed by atoms with E-state index in [1.165, 1.54) is 11.1 Å². The fraction of sp³-hybridized carbons (Fsp3) is 0.714. The molecule has 4 heterocycles. The second kappa shape index (κ2) is 12.5. The number of carbonyl (C=O) groups is 2. The minimum absolute atomic E-state index is 0.114. The molecule has 198 valence electrons. The average Bonchev–Trinajstić information content (AvgIpc) is 2.94. The van der Waals surface area contributed by atoms with Crippen LogP contribution in [0.15, 0.2) is 24.3 Å². The van der Waals surface area contributed by atoms with Crippen molar-refractivity contribution in [2.45, 2.75) is 38.8 Å². The van der Waals surface area contributed by atoms with E-state index in [1.54, 1.807) is 0 Å². The van der Waals surface area contributed by atoms with Crippen molar-refractivity contribution < 1.29 is 19.1 Å². The summed E-state index contributed by atoms with van der Waals surface area (Å²) in [6, 6.07) is 8.96. The molecule has 2 amide bonds. The standard InChI is InChI=1S/C28H42N4O4/c33-27(31-11-15-35-16-12-31)25-3-1-9-29(21-25)19-23-5-7-24(8-6-23)20-30-10-2-4-26(22-30)28(34)32-13-17-36-18-14-32/h5-8,25-26H,1-4,9-22H2. The lowest BCUT2D eigenvalue weighted by Crippen LogP contribution is -2.48. The first-order valence-corrected chi connectivity index (χ1v) is 13.9. The molecule has 36 heavy (non-hydrogen) atoms. The van der Waals surface area contributed by atoms with Gasteiger partial charge in [-0.15, -0.1) is 0 Å². The molecule has 8 nitrogen and oxygen atoms in total. The number of hydrogen-bond donors (Lipinski definition) is 0. The van der Waals surface area contributed by atoms with Crippen LogP contribution in [-0.4, -0.2) is 110 Å². The third-order valence-electron chi connectivity index (χ3n) is 8.19. The fourth-order valence-corrected chi connectivity index (χ4v) is 6.15. The zero-order valence-electron chi connectivity index (χ0n) is 21.6. The van der Waals surface area contributed by atoms with Crippen LogP contribution in [0.25, 0.3) is 0 Å². The molecule has 4 fully saturated rings. The average molecular weight is 499 g/mol. The van der Waals surface area contributed by atoms with Crippen molar-refractivity contribution in [2.75, 3.05) is 78.8 Å². The van der Waals surface area contributed by atoms with Gasteiger partial charge >= 0.3 is 0 Å². The SMILES string of the molecule is O=C(C1CCCN(Cc2ccc(CN3CCCC(C(=O)N4CCOCC4)C3)cc2)C1)N1CCOCC1. The number of likely N-dealkylation sites (tertiary alicyclic amines) is 2. The summed E-state index contributed by atoms with van der Waals surface area (Å²) in [5.41, 5.74) is 2.61. The Kier molecular flexibility index (Phi) is 8.90. The molecule has 4 aliphatic rings. The van der Waals surface area contributed by atoms with Crippen LogP contribution in [0.4, 0.5) is 0 Å². The smallest absolute Gasteiger partial charge is 0.227 e. The number of morpholine rings is 2. The van der Waals surface area contributed by atoms with Gasteiger partial charge in [0.05, 0.1) is 38.3 Å². The maximum absolute atomic E-state index is 12.9.